The molecule has 132 valence electrons. The van der Waals surface area contributed by atoms with Crippen LogP contribution in [-0.2, 0) is 10.0 Å². The number of benzene rings is 2. The Morgan fingerprint density at radius 1 is 0.960 bits per heavy atom. The zero-order valence-electron chi connectivity index (χ0n) is 13.9. The number of sulfonamides is 1. The van der Waals surface area contributed by atoms with Crippen LogP contribution in [0.1, 0.15) is 37.7 Å². The van der Waals surface area contributed by atoms with Crippen LogP contribution in [0.2, 0.25) is 0 Å². The van der Waals surface area contributed by atoms with Gasteiger partial charge in [0.05, 0.1) is 11.6 Å². The van der Waals surface area contributed by atoms with Gasteiger partial charge in [-0.1, -0.05) is 24.6 Å². The second kappa shape index (κ2) is 7.78. The van der Waals surface area contributed by atoms with E-state index in [0.29, 0.717) is 5.84 Å². The van der Waals surface area contributed by atoms with Crippen molar-refractivity contribution in [1.82, 2.24) is 4.72 Å². The molecule has 6 heteroatoms. The molecule has 0 saturated heterocycles. The van der Waals surface area contributed by atoms with Gasteiger partial charge in [0.25, 0.3) is 5.84 Å². The predicted molar refractivity (Wildman–Crippen MR) is 95.1 cm³/mol. The molecule has 3 rings (SSSR count). The van der Waals surface area contributed by atoms with Crippen molar-refractivity contribution in [2.24, 2.45) is 0 Å². The Hall–Kier alpha value is -2.21. The lowest BCUT2D eigenvalue weighted by atomic mass is 9.96. The summed E-state index contributed by atoms with van der Waals surface area (Å²) >= 11 is 0. The summed E-state index contributed by atoms with van der Waals surface area (Å²) < 4.78 is 41.1. The molecular formula is C19H22FN2O2S+. The molecule has 25 heavy (non-hydrogen) atoms. The number of amidine groups is 1. The van der Waals surface area contributed by atoms with Crippen molar-refractivity contribution in [3.8, 4) is 0 Å². The van der Waals surface area contributed by atoms with Crippen molar-refractivity contribution in [3.63, 3.8) is 0 Å². The predicted octanol–water partition coefficient (Wildman–Crippen LogP) is 1.96. The molecule has 1 saturated carbocycles. The van der Waals surface area contributed by atoms with Crippen LogP contribution in [0.25, 0.3) is 0 Å². The Bertz CT molecular complexity index is 827. The minimum absolute atomic E-state index is 0.0350. The minimum atomic E-state index is -3.79. The summed E-state index contributed by atoms with van der Waals surface area (Å²) in [5.74, 6) is 0.00312. The van der Waals surface area contributed by atoms with E-state index in [1.165, 1.54) is 18.6 Å². The molecule has 1 aliphatic carbocycles. The van der Waals surface area contributed by atoms with Crippen LogP contribution in [0.5, 0.6) is 0 Å². The molecule has 0 amide bonds. The lowest BCUT2D eigenvalue weighted by Gasteiger charge is -2.17. The molecule has 0 unspecified atom stereocenters. The summed E-state index contributed by atoms with van der Waals surface area (Å²) in [4.78, 5) is 3.40. The van der Waals surface area contributed by atoms with Crippen LogP contribution in [0.3, 0.4) is 0 Å². The molecule has 0 heterocycles. The van der Waals surface area contributed by atoms with Crippen LogP contribution in [0.4, 0.5) is 4.39 Å². The molecule has 0 atom stereocenters. The summed E-state index contributed by atoms with van der Waals surface area (Å²) in [7, 11) is -3.79. The van der Waals surface area contributed by atoms with Crippen molar-refractivity contribution < 1.29 is 17.8 Å². The van der Waals surface area contributed by atoms with E-state index >= 15 is 0 Å². The number of hydrogen-bond acceptors (Lipinski definition) is 2. The fourth-order valence-corrected chi connectivity index (χ4v) is 4.09. The molecule has 1 fully saturated rings. The van der Waals surface area contributed by atoms with Gasteiger partial charge in [-0.05, 0) is 62.1 Å². The first-order valence-electron chi connectivity index (χ1n) is 8.52. The Balaban J connectivity index is 1.91. The summed E-state index contributed by atoms with van der Waals surface area (Å²) in [6.07, 6.45) is 5.55. The first-order chi connectivity index (χ1) is 12.0. The third-order valence-corrected chi connectivity index (χ3v) is 5.74. The number of halogens is 1. The maximum Gasteiger partial charge on any atom is 0.328 e. The summed E-state index contributed by atoms with van der Waals surface area (Å²) in [5, 5.41) is 0. The Kier molecular flexibility index (Phi) is 5.48. The summed E-state index contributed by atoms with van der Waals surface area (Å²) in [5.41, 5.74) is 0.777. The van der Waals surface area contributed by atoms with Gasteiger partial charge in [-0.15, -0.1) is 0 Å². The van der Waals surface area contributed by atoms with Crippen molar-refractivity contribution in [1.29, 1.82) is 0 Å². The molecule has 2 aromatic rings. The molecule has 0 aliphatic heterocycles. The topological polar surface area (TPSA) is 60.1 Å². The smallest absolute Gasteiger partial charge is 0.271 e. The minimum Gasteiger partial charge on any atom is -0.271 e. The van der Waals surface area contributed by atoms with Gasteiger partial charge in [-0.25, -0.2) is 4.39 Å². The maximum atomic E-state index is 13.1. The molecular weight excluding hydrogens is 339 g/mol. The van der Waals surface area contributed by atoms with Gasteiger partial charge in [-0.2, -0.15) is 13.1 Å². The standard InChI is InChI=1S/C19H21FN2O2S/c20-16-11-13-18(14-12-16)25(23,24)22-19(15-7-3-1-4-8-15)21-17-9-5-2-6-10-17/h1,3-4,7-8,11-14,17H,2,5-6,9-10H2,(H,21,22)/p+1. The highest BCUT2D eigenvalue weighted by Gasteiger charge is 2.25. The SMILES string of the molecule is O=S(=O)(NC(=[NH+]C1CCCCC1)c1ccccc1)c1ccc(F)cc1. The average Bonchev–Trinajstić information content (AvgIpc) is 2.63. The Morgan fingerprint density at radius 2 is 1.60 bits per heavy atom. The van der Waals surface area contributed by atoms with E-state index in [-0.39, 0.29) is 10.9 Å². The lowest BCUT2D eigenvalue weighted by Crippen LogP contribution is -2.82. The summed E-state index contributed by atoms with van der Waals surface area (Å²) in [6.45, 7) is 0. The first kappa shape index (κ1) is 17.6. The number of rotatable bonds is 4. The second-order valence-corrected chi connectivity index (χ2v) is 7.96. The van der Waals surface area contributed by atoms with Crippen LogP contribution in [0, 0.1) is 5.82 Å². The molecule has 0 radical (unpaired) electrons. The van der Waals surface area contributed by atoms with Crippen molar-refractivity contribution in [2.75, 3.05) is 0 Å². The Morgan fingerprint density at radius 3 is 2.24 bits per heavy atom. The van der Waals surface area contributed by atoms with E-state index in [1.807, 2.05) is 30.3 Å². The van der Waals surface area contributed by atoms with E-state index in [2.05, 4.69) is 9.71 Å². The molecule has 0 aromatic heterocycles. The van der Waals surface area contributed by atoms with Gasteiger partial charge >= 0.3 is 10.0 Å². The lowest BCUT2D eigenvalue weighted by molar-refractivity contribution is -0.508. The zero-order valence-corrected chi connectivity index (χ0v) is 14.7. The summed E-state index contributed by atoms with van der Waals surface area (Å²) in [6, 6.07) is 14.4. The second-order valence-electron chi connectivity index (χ2n) is 6.28. The van der Waals surface area contributed by atoms with Crippen LogP contribution >= 0.6 is 0 Å². The first-order valence-corrected chi connectivity index (χ1v) is 10.0. The van der Waals surface area contributed by atoms with Gasteiger partial charge in [0.1, 0.15) is 10.7 Å². The fourth-order valence-electron chi connectivity index (χ4n) is 3.03. The number of hydrogen-bond donors (Lipinski definition) is 2. The highest BCUT2D eigenvalue weighted by molar-refractivity contribution is 7.90. The van der Waals surface area contributed by atoms with Crippen molar-refractivity contribution >= 4 is 15.9 Å². The van der Waals surface area contributed by atoms with Gasteiger partial charge in [-0.3, -0.25) is 4.99 Å². The molecule has 0 bridgehead atoms. The highest BCUT2D eigenvalue weighted by atomic mass is 32.2. The fraction of sp³-hybridized carbons (Fsp3) is 0.316. The third kappa shape index (κ3) is 4.66. The van der Waals surface area contributed by atoms with Gasteiger partial charge in [0.2, 0.25) is 0 Å². The maximum absolute atomic E-state index is 13.1. The van der Waals surface area contributed by atoms with E-state index in [1.54, 1.807) is 0 Å². The van der Waals surface area contributed by atoms with E-state index in [4.69, 9.17) is 0 Å². The van der Waals surface area contributed by atoms with Gasteiger partial charge < -0.3 is 0 Å². The zero-order chi connectivity index (χ0) is 17.7. The van der Waals surface area contributed by atoms with Gasteiger partial charge in [0.15, 0.2) is 0 Å². The van der Waals surface area contributed by atoms with E-state index in [0.717, 1.165) is 43.4 Å². The molecule has 2 N–H and O–H groups in total. The normalized spacial score (nSPS) is 16.6. The average molecular weight is 361 g/mol. The van der Waals surface area contributed by atoms with Gasteiger partial charge in [0, 0.05) is 0 Å². The van der Waals surface area contributed by atoms with Crippen molar-refractivity contribution in [2.45, 2.75) is 43.0 Å². The Labute approximate surface area is 147 Å². The van der Waals surface area contributed by atoms with Crippen LogP contribution < -0.4 is 9.71 Å². The third-order valence-electron chi connectivity index (χ3n) is 4.38. The largest absolute Gasteiger partial charge is 0.328 e. The monoisotopic (exact) mass is 361 g/mol. The van der Waals surface area contributed by atoms with Crippen LogP contribution in [0.15, 0.2) is 59.5 Å². The highest BCUT2D eigenvalue weighted by Crippen LogP contribution is 2.15. The van der Waals surface area contributed by atoms with E-state index in [9.17, 15) is 12.8 Å². The quantitative estimate of drug-likeness (QED) is 0.646. The number of nitrogens with one attached hydrogen (secondary N) is 2. The molecule has 4 nitrogen and oxygen atoms in total. The molecule has 2 aromatic carbocycles. The molecule has 0 spiro atoms. The van der Waals surface area contributed by atoms with E-state index < -0.39 is 15.8 Å². The van der Waals surface area contributed by atoms with Crippen molar-refractivity contribution in [3.05, 3.63) is 66.0 Å². The van der Waals surface area contributed by atoms with Crippen LogP contribution in [-0.4, -0.2) is 20.3 Å². The molecule has 1 aliphatic rings.